The van der Waals surface area contributed by atoms with Gasteiger partial charge in [0, 0.05) is 40.5 Å². The number of hydrogen-bond acceptors (Lipinski definition) is 3. The van der Waals surface area contributed by atoms with Crippen LogP contribution < -0.4 is 10.6 Å². The van der Waals surface area contributed by atoms with E-state index in [-0.39, 0.29) is 24.8 Å². The average Bonchev–Trinajstić information content (AvgIpc) is 2.56. The van der Waals surface area contributed by atoms with Crippen molar-refractivity contribution in [3.05, 3.63) is 62.4 Å². The molecule has 1 aromatic heterocycles. The molecule has 2 amide bonds. The molecule has 0 bridgehead atoms. The number of carbonyl (C=O) groups is 2. The highest BCUT2D eigenvalue weighted by atomic mass is 127. The van der Waals surface area contributed by atoms with Crippen LogP contribution in [0.3, 0.4) is 0 Å². The highest BCUT2D eigenvalue weighted by Crippen LogP contribution is 2.17. The van der Waals surface area contributed by atoms with Crippen LogP contribution in [-0.2, 0) is 11.3 Å². The highest BCUT2D eigenvalue weighted by Gasteiger charge is 2.10. The van der Waals surface area contributed by atoms with Gasteiger partial charge in [-0.2, -0.15) is 0 Å². The second-order valence-corrected chi connectivity index (χ2v) is 6.36. The molecule has 0 saturated carbocycles. The normalized spacial score (nSPS) is 10.2. The van der Waals surface area contributed by atoms with Crippen LogP contribution in [0.5, 0.6) is 0 Å². The van der Waals surface area contributed by atoms with E-state index in [2.05, 4.69) is 38.2 Å². The van der Waals surface area contributed by atoms with Gasteiger partial charge in [-0.25, -0.2) is 0 Å². The number of hydrogen-bond donors (Lipinski definition) is 2. The topological polar surface area (TPSA) is 71.1 Å². The van der Waals surface area contributed by atoms with Crippen molar-refractivity contribution >= 4 is 46.0 Å². The number of halogens is 2. The lowest BCUT2D eigenvalue weighted by Gasteiger charge is -2.08. The fourth-order valence-corrected chi connectivity index (χ4v) is 2.60. The van der Waals surface area contributed by atoms with Crippen LogP contribution in [0.2, 0.25) is 5.02 Å². The average molecular weight is 444 g/mol. The van der Waals surface area contributed by atoms with Gasteiger partial charge in [0.15, 0.2) is 0 Å². The van der Waals surface area contributed by atoms with Gasteiger partial charge in [-0.05, 0) is 58.5 Å². The van der Waals surface area contributed by atoms with Crippen molar-refractivity contribution in [2.45, 2.75) is 13.0 Å². The lowest BCUT2D eigenvalue weighted by molar-refractivity contribution is -0.121. The molecule has 0 aliphatic heterocycles. The van der Waals surface area contributed by atoms with Crippen molar-refractivity contribution in [2.75, 3.05) is 6.54 Å². The summed E-state index contributed by atoms with van der Waals surface area (Å²) in [5, 5.41) is 6.02. The van der Waals surface area contributed by atoms with Gasteiger partial charge in [-0.3, -0.25) is 14.6 Å². The summed E-state index contributed by atoms with van der Waals surface area (Å²) in [4.78, 5) is 27.7. The van der Waals surface area contributed by atoms with Gasteiger partial charge >= 0.3 is 0 Å². The van der Waals surface area contributed by atoms with Crippen LogP contribution in [-0.4, -0.2) is 23.3 Å². The van der Waals surface area contributed by atoms with E-state index in [1.54, 1.807) is 30.6 Å². The number of rotatable bonds is 6. The Morgan fingerprint density at radius 2 is 1.87 bits per heavy atom. The Kier molecular flexibility index (Phi) is 6.79. The Bertz CT molecular complexity index is 695. The zero-order chi connectivity index (χ0) is 16.7. The molecule has 0 spiro atoms. The number of pyridine rings is 1. The molecule has 0 aliphatic carbocycles. The van der Waals surface area contributed by atoms with E-state index in [0.717, 1.165) is 9.13 Å². The van der Waals surface area contributed by atoms with E-state index in [1.807, 2.05) is 12.1 Å². The monoisotopic (exact) mass is 443 g/mol. The maximum Gasteiger partial charge on any atom is 0.252 e. The predicted octanol–water partition coefficient (Wildman–Crippen LogP) is 2.78. The molecular formula is C16H15ClIN3O2. The third-order valence-electron chi connectivity index (χ3n) is 3.05. The molecule has 0 fully saturated rings. The summed E-state index contributed by atoms with van der Waals surface area (Å²) >= 11 is 7.97. The van der Waals surface area contributed by atoms with Gasteiger partial charge in [-0.15, -0.1) is 0 Å². The third-order valence-corrected chi connectivity index (χ3v) is 4.23. The molecule has 0 saturated heterocycles. The SMILES string of the molecule is O=C(CCNC(=O)c1cc(Cl)ccc1I)NCc1ccncc1. The first-order chi connectivity index (χ1) is 11.1. The molecule has 7 heteroatoms. The minimum absolute atomic E-state index is 0.122. The number of carbonyl (C=O) groups excluding carboxylic acids is 2. The predicted molar refractivity (Wildman–Crippen MR) is 97.2 cm³/mol. The molecule has 0 unspecified atom stereocenters. The van der Waals surface area contributed by atoms with E-state index < -0.39 is 0 Å². The smallest absolute Gasteiger partial charge is 0.252 e. The Labute approximate surface area is 153 Å². The minimum Gasteiger partial charge on any atom is -0.352 e. The second-order valence-electron chi connectivity index (χ2n) is 4.76. The quantitative estimate of drug-likeness (QED) is 0.675. The fourth-order valence-electron chi connectivity index (χ4n) is 1.85. The van der Waals surface area contributed by atoms with Crippen molar-refractivity contribution in [3.63, 3.8) is 0 Å². The summed E-state index contributed by atoms with van der Waals surface area (Å²) in [5.41, 5.74) is 1.49. The first-order valence-electron chi connectivity index (χ1n) is 6.95. The van der Waals surface area contributed by atoms with E-state index in [9.17, 15) is 9.59 Å². The standard InChI is InChI=1S/C16H15ClIN3O2/c17-12-1-2-14(18)13(9-12)16(23)20-8-5-15(22)21-10-11-3-6-19-7-4-11/h1-4,6-7,9H,5,8,10H2,(H,20,23)(H,21,22). The largest absolute Gasteiger partial charge is 0.352 e. The van der Waals surface area contributed by atoms with Crippen LogP contribution in [0.1, 0.15) is 22.3 Å². The maximum atomic E-state index is 12.1. The summed E-state index contributed by atoms with van der Waals surface area (Å²) in [7, 11) is 0. The summed E-state index contributed by atoms with van der Waals surface area (Å²) in [6.45, 7) is 0.713. The first-order valence-corrected chi connectivity index (χ1v) is 8.41. The van der Waals surface area contributed by atoms with Gasteiger partial charge in [0.05, 0.1) is 5.56 Å². The van der Waals surface area contributed by atoms with Gasteiger partial charge in [0.25, 0.3) is 5.91 Å². The van der Waals surface area contributed by atoms with Crippen molar-refractivity contribution in [1.82, 2.24) is 15.6 Å². The molecule has 0 radical (unpaired) electrons. The molecule has 0 atom stereocenters. The minimum atomic E-state index is -0.237. The van der Waals surface area contributed by atoms with Crippen LogP contribution >= 0.6 is 34.2 Å². The van der Waals surface area contributed by atoms with E-state index in [1.165, 1.54) is 0 Å². The number of nitrogens with zero attached hydrogens (tertiary/aromatic N) is 1. The molecule has 1 heterocycles. The Morgan fingerprint density at radius 3 is 2.61 bits per heavy atom. The van der Waals surface area contributed by atoms with Crippen molar-refractivity contribution < 1.29 is 9.59 Å². The molecule has 1 aromatic carbocycles. The van der Waals surface area contributed by atoms with Crippen molar-refractivity contribution in [2.24, 2.45) is 0 Å². The number of aromatic nitrogens is 1. The second kappa shape index (κ2) is 8.83. The van der Waals surface area contributed by atoms with E-state index in [4.69, 9.17) is 11.6 Å². The van der Waals surface area contributed by atoms with Gasteiger partial charge in [0.2, 0.25) is 5.91 Å². The first kappa shape index (κ1) is 17.7. The summed E-state index contributed by atoms with van der Waals surface area (Å²) < 4.78 is 0.812. The van der Waals surface area contributed by atoms with Gasteiger partial charge < -0.3 is 10.6 Å². The Hall–Kier alpha value is -1.67. The van der Waals surface area contributed by atoms with Crippen LogP contribution in [0.15, 0.2) is 42.7 Å². The lowest BCUT2D eigenvalue weighted by Crippen LogP contribution is -2.30. The molecule has 23 heavy (non-hydrogen) atoms. The van der Waals surface area contributed by atoms with E-state index >= 15 is 0 Å². The van der Waals surface area contributed by atoms with E-state index in [0.29, 0.717) is 17.1 Å². The van der Waals surface area contributed by atoms with Crippen LogP contribution in [0.25, 0.3) is 0 Å². The molecule has 5 nitrogen and oxygen atoms in total. The number of benzene rings is 1. The number of amides is 2. The zero-order valence-electron chi connectivity index (χ0n) is 12.2. The molecular weight excluding hydrogens is 429 g/mol. The Balaban J connectivity index is 1.75. The third kappa shape index (κ3) is 5.80. The van der Waals surface area contributed by atoms with Crippen LogP contribution in [0.4, 0.5) is 0 Å². The summed E-state index contributed by atoms with van der Waals surface area (Å²) in [6.07, 6.45) is 3.57. The fraction of sp³-hybridized carbons (Fsp3) is 0.188. The van der Waals surface area contributed by atoms with Gasteiger partial charge in [-0.1, -0.05) is 11.6 Å². The lowest BCUT2D eigenvalue weighted by atomic mass is 10.2. The molecule has 120 valence electrons. The molecule has 2 aromatic rings. The summed E-state index contributed by atoms with van der Waals surface area (Å²) in [6, 6.07) is 8.79. The van der Waals surface area contributed by atoms with Crippen molar-refractivity contribution in [1.29, 1.82) is 0 Å². The summed E-state index contributed by atoms with van der Waals surface area (Å²) in [5.74, 6) is -0.360. The van der Waals surface area contributed by atoms with Crippen LogP contribution in [0, 0.1) is 3.57 Å². The number of nitrogens with one attached hydrogen (secondary N) is 2. The van der Waals surface area contributed by atoms with Crippen molar-refractivity contribution in [3.8, 4) is 0 Å². The molecule has 2 N–H and O–H groups in total. The van der Waals surface area contributed by atoms with Gasteiger partial charge in [0.1, 0.15) is 0 Å². The zero-order valence-corrected chi connectivity index (χ0v) is 15.1. The maximum absolute atomic E-state index is 12.1. The molecule has 0 aliphatic rings. The Morgan fingerprint density at radius 1 is 1.13 bits per heavy atom. The highest BCUT2D eigenvalue weighted by molar-refractivity contribution is 14.1. The molecule has 2 rings (SSSR count).